The van der Waals surface area contributed by atoms with Crippen LogP contribution in [0.3, 0.4) is 0 Å². The molecule has 1 rings (SSSR count). The highest BCUT2D eigenvalue weighted by Crippen LogP contribution is 2.51. The highest BCUT2D eigenvalue weighted by Gasteiger charge is 2.59. The Kier molecular flexibility index (Phi) is 17.2. The summed E-state index contributed by atoms with van der Waals surface area (Å²) in [6, 6.07) is 0. The summed E-state index contributed by atoms with van der Waals surface area (Å²) in [6.07, 6.45) is -3.70. The van der Waals surface area contributed by atoms with Crippen LogP contribution in [0.5, 0.6) is 0 Å². The second kappa shape index (κ2) is 18.0. The molecule has 1 fully saturated rings. The van der Waals surface area contributed by atoms with Crippen molar-refractivity contribution < 1.29 is 70.8 Å². The molecule has 0 radical (unpaired) electrons. The van der Waals surface area contributed by atoms with E-state index in [1.54, 1.807) is 0 Å². The molecule has 0 aromatic heterocycles. The monoisotopic (exact) mass is 630 g/mol. The van der Waals surface area contributed by atoms with Gasteiger partial charge in [0.15, 0.2) is 0 Å². The van der Waals surface area contributed by atoms with Crippen molar-refractivity contribution in [2.75, 3.05) is 19.8 Å². The van der Waals surface area contributed by atoms with Crippen molar-refractivity contribution in [2.45, 2.75) is 115 Å². The maximum Gasteiger partial charge on any atom is 0.470 e. The van der Waals surface area contributed by atoms with Gasteiger partial charge in [0.05, 0.1) is 0 Å². The molecule has 1 aliphatic rings. The molecule has 0 aromatic carbocycles. The molecule has 0 spiro atoms. The summed E-state index contributed by atoms with van der Waals surface area (Å²) in [7, 11) is -16.2. The number of phosphoric acid groups is 3. The van der Waals surface area contributed by atoms with E-state index in [2.05, 4.69) is 0 Å². The third-order valence-electron chi connectivity index (χ3n) is 5.89. The number of rotatable bonds is 21. The topological polar surface area (TPSA) is 228 Å². The summed E-state index contributed by atoms with van der Waals surface area (Å²) in [4.78, 5) is 57.8. The van der Waals surface area contributed by atoms with Crippen LogP contribution in [0.4, 0.5) is 0 Å². The van der Waals surface area contributed by atoms with Crippen LogP contribution in [0.15, 0.2) is 0 Å². The molecule has 1 aliphatic carbocycles. The van der Waals surface area contributed by atoms with E-state index in [1.165, 1.54) is 0 Å². The fraction of sp³-hybridized carbons (Fsp3) is 1.00. The first-order valence-electron chi connectivity index (χ1n) is 13.2. The first-order valence-corrected chi connectivity index (χ1v) is 17.8. The predicted octanol–water partition coefficient (Wildman–Crippen LogP) is 3.16. The molecule has 234 valence electrons. The van der Waals surface area contributed by atoms with Gasteiger partial charge in [-0.3, -0.25) is 13.6 Å². The van der Waals surface area contributed by atoms with E-state index in [0.29, 0.717) is 19.3 Å². The van der Waals surface area contributed by atoms with E-state index in [0.717, 1.165) is 38.5 Å². The molecule has 0 aliphatic heterocycles. The van der Waals surface area contributed by atoms with Gasteiger partial charge in [0.1, 0.15) is 36.6 Å². The zero-order chi connectivity index (χ0) is 29.7. The van der Waals surface area contributed by atoms with Crippen LogP contribution in [0.2, 0.25) is 0 Å². The van der Waals surface area contributed by atoms with Crippen LogP contribution >= 0.6 is 23.5 Å². The number of ether oxygens (including phenoxy) is 3. The van der Waals surface area contributed by atoms with Gasteiger partial charge in [-0.25, -0.2) is 13.7 Å². The molecule has 0 saturated heterocycles. The Bertz CT molecular complexity index is 764. The Morgan fingerprint density at radius 2 is 0.667 bits per heavy atom. The van der Waals surface area contributed by atoms with Crippen molar-refractivity contribution >= 4 is 23.5 Å². The van der Waals surface area contributed by atoms with Crippen LogP contribution in [-0.4, -0.2) is 85.8 Å². The quantitative estimate of drug-likeness (QED) is 0.0790. The minimum absolute atomic E-state index is 0.0591. The molecule has 2 unspecified atom stereocenters. The van der Waals surface area contributed by atoms with Gasteiger partial charge < -0.3 is 43.6 Å². The first kappa shape index (κ1) is 37.2. The van der Waals surface area contributed by atoms with E-state index in [4.69, 9.17) is 27.8 Å². The molecule has 0 aromatic rings. The standard InChI is InChI=1S/C21H45O15P3/c1-4-7-10-13-31-16-17(32-14-11-8-5-2)19(34-37(22,23)24)21(36-39(28,29)30)20(35-38(25,26)27)18(16)33-15-12-9-6-3/h16-21H,4-15H2,1-3H3,(H2,22,23,24)(H2,25,26,27)(H2,28,29,30)/t16?,17-,18+,19-,20-,21?/m0/s1. The van der Waals surface area contributed by atoms with Gasteiger partial charge in [0.2, 0.25) is 0 Å². The Labute approximate surface area is 229 Å². The summed E-state index contributed by atoms with van der Waals surface area (Å²) < 4.78 is 68.4. The largest absolute Gasteiger partial charge is 0.470 e. The normalized spacial score (nSPS) is 26.7. The molecule has 1 saturated carbocycles. The number of unbranched alkanes of at least 4 members (excludes halogenated alkanes) is 6. The summed E-state index contributed by atoms with van der Waals surface area (Å²) >= 11 is 0. The minimum Gasteiger partial charge on any atom is -0.373 e. The summed E-state index contributed by atoms with van der Waals surface area (Å²) in [5.41, 5.74) is 0. The third-order valence-corrected chi connectivity index (χ3v) is 7.45. The fourth-order valence-corrected chi connectivity index (χ4v) is 5.91. The molecule has 0 heterocycles. The Hall–Kier alpha value is 0.210. The van der Waals surface area contributed by atoms with E-state index < -0.39 is 60.1 Å². The van der Waals surface area contributed by atoms with E-state index in [-0.39, 0.29) is 19.8 Å². The van der Waals surface area contributed by atoms with E-state index >= 15 is 0 Å². The van der Waals surface area contributed by atoms with Crippen molar-refractivity contribution in [3.63, 3.8) is 0 Å². The van der Waals surface area contributed by atoms with Gasteiger partial charge in [0, 0.05) is 19.8 Å². The van der Waals surface area contributed by atoms with Crippen LogP contribution in [0, 0.1) is 0 Å². The molecule has 15 nitrogen and oxygen atoms in total. The van der Waals surface area contributed by atoms with Crippen molar-refractivity contribution in [3.8, 4) is 0 Å². The smallest absolute Gasteiger partial charge is 0.373 e. The zero-order valence-electron chi connectivity index (χ0n) is 22.6. The average molecular weight is 630 g/mol. The lowest BCUT2D eigenvalue weighted by atomic mass is 9.84. The maximum absolute atomic E-state index is 12.0. The first-order chi connectivity index (χ1) is 18.1. The Balaban J connectivity index is 3.65. The lowest BCUT2D eigenvalue weighted by Gasteiger charge is -2.49. The lowest BCUT2D eigenvalue weighted by Crippen LogP contribution is -2.67. The molecule has 6 N–H and O–H groups in total. The van der Waals surface area contributed by atoms with Gasteiger partial charge in [-0.05, 0) is 19.3 Å². The van der Waals surface area contributed by atoms with Gasteiger partial charge in [-0.2, -0.15) is 0 Å². The van der Waals surface area contributed by atoms with Gasteiger partial charge in [-0.1, -0.05) is 59.3 Å². The van der Waals surface area contributed by atoms with Crippen LogP contribution < -0.4 is 0 Å². The zero-order valence-corrected chi connectivity index (χ0v) is 25.3. The Morgan fingerprint density at radius 1 is 0.436 bits per heavy atom. The van der Waals surface area contributed by atoms with E-state index in [1.807, 2.05) is 20.8 Å². The fourth-order valence-electron chi connectivity index (χ4n) is 4.24. The number of hydrogen-bond donors (Lipinski definition) is 6. The molecular formula is C21H45O15P3. The maximum atomic E-state index is 12.0. The summed E-state index contributed by atoms with van der Waals surface area (Å²) in [6.45, 7) is 6.12. The van der Waals surface area contributed by atoms with Crippen LogP contribution in [0.1, 0.15) is 78.6 Å². The van der Waals surface area contributed by atoms with Crippen LogP contribution in [0.25, 0.3) is 0 Å². The SMILES string of the molecule is CCCCCOC1[C@@H](OCCCCC)[C@H](OP(=O)(O)O)C(OP(=O)(O)O)[C@@H](OP(=O)(O)O)[C@H]1OCCCCC. The van der Waals surface area contributed by atoms with Crippen molar-refractivity contribution in [2.24, 2.45) is 0 Å². The summed E-state index contributed by atoms with van der Waals surface area (Å²) in [5.74, 6) is 0. The number of hydrogen-bond acceptors (Lipinski definition) is 9. The van der Waals surface area contributed by atoms with Gasteiger partial charge >= 0.3 is 23.5 Å². The summed E-state index contributed by atoms with van der Waals surface area (Å²) in [5, 5.41) is 0. The minimum atomic E-state index is -5.43. The Morgan fingerprint density at radius 3 is 0.897 bits per heavy atom. The van der Waals surface area contributed by atoms with Crippen molar-refractivity contribution in [3.05, 3.63) is 0 Å². The highest BCUT2D eigenvalue weighted by molar-refractivity contribution is 7.47. The molecule has 0 bridgehead atoms. The molecule has 6 atom stereocenters. The van der Waals surface area contributed by atoms with Crippen molar-refractivity contribution in [1.29, 1.82) is 0 Å². The van der Waals surface area contributed by atoms with Crippen molar-refractivity contribution in [1.82, 2.24) is 0 Å². The van der Waals surface area contributed by atoms with Gasteiger partial charge in [0.25, 0.3) is 0 Å². The lowest BCUT2D eigenvalue weighted by molar-refractivity contribution is -0.248. The third kappa shape index (κ3) is 15.3. The molecule has 18 heteroatoms. The predicted molar refractivity (Wildman–Crippen MR) is 139 cm³/mol. The van der Waals surface area contributed by atoms with E-state index in [9.17, 15) is 43.1 Å². The molecule has 39 heavy (non-hydrogen) atoms. The highest BCUT2D eigenvalue weighted by atomic mass is 31.2. The second-order valence-electron chi connectivity index (χ2n) is 9.31. The van der Waals surface area contributed by atoms with Gasteiger partial charge in [-0.15, -0.1) is 0 Å². The molecule has 0 amide bonds. The number of phosphoric ester groups is 3. The molecular weight excluding hydrogens is 585 g/mol. The van der Waals surface area contributed by atoms with Crippen LogP contribution in [-0.2, 0) is 41.5 Å². The second-order valence-corrected chi connectivity index (χ2v) is 12.9. The average Bonchev–Trinajstić information content (AvgIpc) is 2.79.